The molecule has 4 heteroatoms. The van der Waals surface area contributed by atoms with Crippen LogP contribution in [0.5, 0.6) is 0 Å². The second-order valence-corrected chi connectivity index (χ2v) is 1.66. The van der Waals surface area contributed by atoms with Crippen molar-refractivity contribution in [3.8, 4) is 6.07 Å². The maximum absolute atomic E-state index is 10.5. The first kappa shape index (κ1) is 9.66. The molecule has 0 saturated carbocycles. The van der Waals surface area contributed by atoms with Gasteiger partial charge in [-0.2, -0.15) is 5.26 Å². The van der Waals surface area contributed by atoms with Gasteiger partial charge in [-0.05, 0) is 0 Å². The van der Waals surface area contributed by atoms with Gasteiger partial charge in [0.25, 0.3) is 0 Å². The lowest BCUT2D eigenvalue weighted by atomic mass is 10.5. The van der Waals surface area contributed by atoms with Crippen LogP contribution in [-0.2, 0) is 9.53 Å². The predicted octanol–water partition coefficient (Wildman–Crippen LogP) is -0.00822. The minimum Gasteiger partial charge on any atom is -0.461 e. The van der Waals surface area contributed by atoms with E-state index in [0.717, 1.165) is 6.08 Å². The summed E-state index contributed by atoms with van der Waals surface area (Å²) in [5.74, 6) is -0.533. The first-order valence-electron chi connectivity index (χ1n) is 3.12. The van der Waals surface area contributed by atoms with E-state index in [4.69, 9.17) is 10.4 Å². The van der Waals surface area contributed by atoms with Crippen molar-refractivity contribution in [2.75, 3.05) is 13.2 Å². The maximum Gasteiger partial charge on any atom is 0.330 e. The van der Waals surface area contributed by atoms with E-state index in [2.05, 4.69) is 4.74 Å². The Labute approximate surface area is 64.7 Å². The molecule has 0 aromatic carbocycles. The summed E-state index contributed by atoms with van der Waals surface area (Å²) in [5.41, 5.74) is 0. The van der Waals surface area contributed by atoms with Crippen LogP contribution in [0.4, 0.5) is 0 Å². The van der Waals surface area contributed by atoms with Crippen LogP contribution in [0.2, 0.25) is 0 Å². The zero-order chi connectivity index (χ0) is 8.53. The Balaban J connectivity index is 3.39. The van der Waals surface area contributed by atoms with Crippen molar-refractivity contribution in [2.45, 2.75) is 6.42 Å². The Morgan fingerprint density at radius 2 is 2.45 bits per heavy atom. The number of nitriles is 1. The van der Waals surface area contributed by atoms with E-state index < -0.39 is 5.97 Å². The molecule has 1 N–H and O–H groups in total. The van der Waals surface area contributed by atoms with Crippen LogP contribution < -0.4 is 0 Å². The van der Waals surface area contributed by atoms with E-state index >= 15 is 0 Å². The standard InChI is InChI=1S/C7H9NO3/c8-4-2-6-11-7(10)3-1-5-9/h1,3,9H,2,5-6H2. The molecule has 0 amide bonds. The molecule has 0 heterocycles. The fourth-order valence-electron chi connectivity index (χ4n) is 0.394. The largest absolute Gasteiger partial charge is 0.461 e. The highest BCUT2D eigenvalue weighted by Crippen LogP contribution is 1.83. The maximum atomic E-state index is 10.5. The third kappa shape index (κ3) is 6.55. The van der Waals surface area contributed by atoms with Crippen molar-refractivity contribution in [3.05, 3.63) is 12.2 Å². The number of carbonyl (C=O) groups is 1. The Bertz CT molecular complexity index is 181. The molecule has 0 aliphatic heterocycles. The van der Waals surface area contributed by atoms with Crippen LogP contribution in [0.15, 0.2) is 12.2 Å². The molecule has 0 aliphatic carbocycles. The van der Waals surface area contributed by atoms with Crippen LogP contribution >= 0.6 is 0 Å². The molecule has 0 spiro atoms. The number of aliphatic hydroxyl groups excluding tert-OH is 1. The lowest BCUT2D eigenvalue weighted by molar-refractivity contribution is -0.137. The number of rotatable bonds is 4. The highest BCUT2D eigenvalue weighted by molar-refractivity contribution is 5.81. The summed E-state index contributed by atoms with van der Waals surface area (Å²) in [6.07, 6.45) is 2.59. The first-order valence-corrected chi connectivity index (χ1v) is 3.12. The summed E-state index contributed by atoms with van der Waals surface area (Å²) in [4.78, 5) is 10.5. The Hall–Kier alpha value is -1.34. The van der Waals surface area contributed by atoms with E-state index in [0.29, 0.717) is 0 Å². The van der Waals surface area contributed by atoms with Crippen LogP contribution in [0, 0.1) is 11.3 Å². The van der Waals surface area contributed by atoms with Gasteiger partial charge in [-0.3, -0.25) is 0 Å². The molecule has 60 valence electrons. The Morgan fingerprint density at radius 3 is 3.00 bits per heavy atom. The third-order valence-electron chi connectivity index (χ3n) is 0.818. The minimum absolute atomic E-state index is 0.102. The predicted molar refractivity (Wildman–Crippen MR) is 37.4 cm³/mol. The average molecular weight is 155 g/mol. The summed E-state index contributed by atoms with van der Waals surface area (Å²) in [6.45, 7) is -0.0849. The van der Waals surface area contributed by atoms with Crippen LogP contribution in [-0.4, -0.2) is 24.3 Å². The number of hydrogen-bond donors (Lipinski definition) is 1. The number of nitrogens with zero attached hydrogens (tertiary/aromatic N) is 1. The second kappa shape index (κ2) is 6.78. The van der Waals surface area contributed by atoms with Gasteiger partial charge in [0.05, 0.1) is 19.1 Å². The van der Waals surface area contributed by atoms with Gasteiger partial charge in [-0.1, -0.05) is 6.08 Å². The summed E-state index contributed by atoms with van der Waals surface area (Å²) >= 11 is 0. The highest BCUT2D eigenvalue weighted by Gasteiger charge is 1.93. The third-order valence-corrected chi connectivity index (χ3v) is 0.818. The van der Waals surface area contributed by atoms with Crippen LogP contribution in [0.25, 0.3) is 0 Å². The lowest BCUT2D eigenvalue weighted by Gasteiger charge is -1.94. The van der Waals surface area contributed by atoms with Crippen molar-refractivity contribution in [3.63, 3.8) is 0 Å². The van der Waals surface area contributed by atoms with Crippen molar-refractivity contribution in [2.24, 2.45) is 0 Å². The second-order valence-electron chi connectivity index (χ2n) is 1.66. The normalized spacial score (nSPS) is 9.45. The molecule has 0 aromatic rings. The molecule has 0 unspecified atom stereocenters. The van der Waals surface area contributed by atoms with Crippen LogP contribution in [0.3, 0.4) is 0 Å². The SMILES string of the molecule is N#CCCOC(=O)C=CCO. The summed E-state index contributed by atoms with van der Waals surface area (Å²) in [6, 6.07) is 1.83. The smallest absolute Gasteiger partial charge is 0.330 e. The van der Waals surface area contributed by atoms with Gasteiger partial charge in [0, 0.05) is 6.08 Å². The number of esters is 1. The molecule has 0 radical (unpaired) electrons. The van der Waals surface area contributed by atoms with Gasteiger partial charge < -0.3 is 9.84 Å². The molecule has 0 rings (SSSR count). The Kier molecular flexibility index (Phi) is 5.95. The minimum atomic E-state index is -0.533. The quantitative estimate of drug-likeness (QED) is 0.352. The lowest BCUT2D eigenvalue weighted by Crippen LogP contribution is -2.01. The van der Waals surface area contributed by atoms with Gasteiger partial charge in [-0.25, -0.2) is 4.79 Å². The van der Waals surface area contributed by atoms with Crippen molar-refractivity contribution in [1.82, 2.24) is 0 Å². The summed E-state index contributed by atoms with van der Waals surface area (Å²) in [5, 5.41) is 16.3. The monoisotopic (exact) mass is 155 g/mol. The molecule has 11 heavy (non-hydrogen) atoms. The molecule has 0 atom stereocenters. The van der Waals surface area contributed by atoms with Crippen molar-refractivity contribution < 1.29 is 14.6 Å². The van der Waals surface area contributed by atoms with E-state index in [9.17, 15) is 4.79 Å². The van der Waals surface area contributed by atoms with Gasteiger partial charge in [0.15, 0.2) is 0 Å². The highest BCUT2D eigenvalue weighted by atomic mass is 16.5. The first-order chi connectivity index (χ1) is 5.31. The fraction of sp³-hybridized carbons (Fsp3) is 0.429. The molecule has 4 nitrogen and oxygen atoms in total. The molecule has 0 bridgehead atoms. The van der Waals surface area contributed by atoms with Crippen molar-refractivity contribution >= 4 is 5.97 Å². The topological polar surface area (TPSA) is 70.3 Å². The van der Waals surface area contributed by atoms with E-state index in [-0.39, 0.29) is 19.6 Å². The molecule has 0 fully saturated rings. The van der Waals surface area contributed by atoms with E-state index in [1.165, 1.54) is 6.08 Å². The number of hydrogen-bond acceptors (Lipinski definition) is 4. The zero-order valence-corrected chi connectivity index (χ0v) is 5.99. The van der Waals surface area contributed by atoms with E-state index in [1.54, 1.807) is 0 Å². The van der Waals surface area contributed by atoms with Crippen molar-refractivity contribution in [1.29, 1.82) is 5.26 Å². The molecular weight excluding hydrogens is 146 g/mol. The number of aliphatic hydroxyl groups is 1. The number of carbonyl (C=O) groups excluding carboxylic acids is 1. The van der Waals surface area contributed by atoms with Gasteiger partial charge in [0.1, 0.15) is 6.61 Å². The molecule has 0 aromatic heterocycles. The Morgan fingerprint density at radius 1 is 1.73 bits per heavy atom. The van der Waals surface area contributed by atoms with Gasteiger partial charge in [-0.15, -0.1) is 0 Å². The van der Waals surface area contributed by atoms with Gasteiger partial charge in [0.2, 0.25) is 0 Å². The average Bonchev–Trinajstić information content (AvgIpc) is 2.01. The zero-order valence-electron chi connectivity index (χ0n) is 5.99. The van der Waals surface area contributed by atoms with Crippen LogP contribution in [0.1, 0.15) is 6.42 Å². The summed E-state index contributed by atoms with van der Waals surface area (Å²) < 4.78 is 4.53. The molecule has 0 aliphatic rings. The van der Waals surface area contributed by atoms with Gasteiger partial charge >= 0.3 is 5.97 Å². The molecular formula is C7H9NO3. The fourth-order valence-corrected chi connectivity index (χ4v) is 0.394. The summed E-state index contributed by atoms with van der Waals surface area (Å²) in [7, 11) is 0. The van der Waals surface area contributed by atoms with E-state index in [1.807, 2.05) is 6.07 Å². The number of ether oxygens (including phenoxy) is 1. The molecule has 0 saturated heterocycles.